The number of alkyl halides is 1. The van der Waals surface area contributed by atoms with Crippen LogP contribution in [0.25, 0.3) is 0 Å². The molecule has 0 aliphatic carbocycles. The van der Waals surface area contributed by atoms with E-state index >= 15 is 0 Å². The van der Waals surface area contributed by atoms with Gasteiger partial charge >= 0.3 is 12.2 Å². The Kier molecular flexibility index (Phi) is 17.4. The predicted molar refractivity (Wildman–Crippen MR) is 164 cm³/mol. The van der Waals surface area contributed by atoms with Crippen molar-refractivity contribution in [3.05, 3.63) is 45.8 Å². The third-order valence-corrected chi connectivity index (χ3v) is 7.60. The van der Waals surface area contributed by atoms with Crippen LogP contribution in [0.5, 0.6) is 0 Å². The highest BCUT2D eigenvalue weighted by Gasteiger charge is 2.57. The molecule has 0 saturated heterocycles. The molecule has 1 aliphatic heterocycles. The predicted octanol–water partition coefficient (Wildman–Crippen LogP) is 7.32. The first-order chi connectivity index (χ1) is 19.7. The number of benzene rings is 1. The molecule has 2 atom stereocenters. The maximum Gasteiger partial charge on any atom is 0.425 e. The molecule has 14 heteroatoms. The standard InChI is InChI=1S/C24H34F2N2O6S.2C2H6.CH3NO2/c1-8-13-24(15-25)19(27-18(14-35(24,31)32)16-11-9-10-12-17(16)26)28(20(29)33-22(2,3)4)21(30)34-23(5,6)7;2*1-2;1-2(3)4/h9-12,18H,8,13-15H2,1-7H3;2*1-2H3;1H3/t18?,24-;;;/m1.../s1. The molecule has 0 aromatic heterocycles. The van der Waals surface area contributed by atoms with Crippen LogP contribution in [0.2, 0.25) is 0 Å². The number of nitrogens with zero attached hydrogens (tertiary/aromatic N) is 3. The van der Waals surface area contributed by atoms with Gasteiger partial charge in [0.05, 0.1) is 11.8 Å². The summed E-state index contributed by atoms with van der Waals surface area (Å²) in [6.45, 7) is 17.5. The highest BCUT2D eigenvalue weighted by Crippen LogP contribution is 2.39. The van der Waals surface area contributed by atoms with E-state index in [1.807, 2.05) is 27.7 Å². The molecule has 43 heavy (non-hydrogen) atoms. The second-order valence-corrected chi connectivity index (χ2v) is 13.2. The molecule has 0 radical (unpaired) electrons. The quantitative estimate of drug-likeness (QED) is 0.247. The zero-order valence-electron chi connectivity index (χ0n) is 27.5. The minimum atomic E-state index is -4.39. The molecule has 0 saturated carbocycles. The maximum absolute atomic E-state index is 14.8. The van der Waals surface area contributed by atoms with Gasteiger partial charge in [-0.15, -0.1) is 0 Å². The summed E-state index contributed by atoms with van der Waals surface area (Å²) in [7, 11) is -3.50. The van der Waals surface area contributed by atoms with Gasteiger partial charge in [0.1, 0.15) is 29.5 Å². The number of hydrogen-bond acceptors (Lipinski definition) is 9. The summed E-state index contributed by atoms with van der Waals surface area (Å²) in [5.41, 5.74) is -2.23. The number of rotatable bonds is 4. The first-order valence-electron chi connectivity index (χ1n) is 14.2. The van der Waals surface area contributed by atoms with Crippen molar-refractivity contribution < 1.29 is 41.2 Å². The number of carbonyl (C=O) groups excluding carboxylic acids is 2. The number of ether oxygens (including phenoxy) is 2. The average Bonchev–Trinajstić information content (AvgIpc) is 2.86. The SMILES string of the molecule is CC.CC.CCC[C@@]1(CF)C(N(C(=O)OC(C)(C)C)C(=O)OC(C)(C)C)=NC(c2ccccc2F)CS1(=O)=O.C[N+](=O)[O-]. The van der Waals surface area contributed by atoms with E-state index in [9.17, 15) is 26.8 Å². The molecule has 1 aromatic carbocycles. The smallest absolute Gasteiger partial charge is 0.425 e. The minimum absolute atomic E-state index is 0.0640. The summed E-state index contributed by atoms with van der Waals surface area (Å²) < 4.78 is 64.9. The third kappa shape index (κ3) is 12.5. The highest BCUT2D eigenvalue weighted by atomic mass is 32.2. The van der Waals surface area contributed by atoms with E-state index in [0.29, 0.717) is 4.90 Å². The molecule has 0 N–H and O–H groups in total. The van der Waals surface area contributed by atoms with E-state index in [2.05, 4.69) is 4.99 Å². The maximum atomic E-state index is 14.8. The molecular formula is C29H49F2N3O8S. The summed E-state index contributed by atoms with van der Waals surface area (Å²) >= 11 is 0. The number of sulfone groups is 1. The Morgan fingerprint density at radius 3 is 1.81 bits per heavy atom. The van der Waals surface area contributed by atoms with E-state index < -0.39 is 73.0 Å². The minimum Gasteiger partial charge on any atom is -0.443 e. The second-order valence-electron chi connectivity index (χ2n) is 10.9. The van der Waals surface area contributed by atoms with Crippen molar-refractivity contribution in [2.75, 3.05) is 19.5 Å². The second kappa shape index (κ2) is 17.8. The van der Waals surface area contributed by atoms with Crippen molar-refractivity contribution in [2.24, 2.45) is 4.99 Å². The van der Waals surface area contributed by atoms with Gasteiger partial charge in [0.15, 0.2) is 21.6 Å². The summed E-state index contributed by atoms with van der Waals surface area (Å²) in [5, 5.41) is 8.81. The summed E-state index contributed by atoms with van der Waals surface area (Å²) in [5.74, 6) is -2.09. The summed E-state index contributed by atoms with van der Waals surface area (Å²) in [4.78, 5) is 39.5. The summed E-state index contributed by atoms with van der Waals surface area (Å²) in [6, 6.07) is 4.10. The van der Waals surface area contributed by atoms with Crippen LogP contribution in [0.4, 0.5) is 18.4 Å². The largest absolute Gasteiger partial charge is 0.443 e. The van der Waals surface area contributed by atoms with Crippen molar-refractivity contribution in [2.45, 2.75) is 111 Å². The van der Waals surface area contributed by atoms with Gasteiger partial charge in [-0.2, -0.15) is 4.90 Å². The van der Waals surface area contributed by atoms with Gasteiger partial charge in [-0.3, -0.25) is 15.1 Å². The van der Waals surface area contributed by atoms with Crippen LogP contribution >= 0.6 is 0 Å². The zero-order valence-corrected chi connectivity index (χ0v) is 28.3. The van der Waals surface area contributed by atoms with Crippen molar-refractivity contribution >= 4 is 27.9 Å². The van der Waals surface area contributed by atoms with E-state index in [0.717, 1.165) is 13.1 Å². The van der Waals surface area contributed by atoms with Gasteiger partial charge in [-0.1, -0.05) is 59.2 Å². The lowest BCUT2D eigenvalue weighted by Crippen LogP contribution is -2.62. The molecule has 1 heterocycles. The molecule has 2 rings (SSSR count). The van der Waals surface area contributed by atoms with Crippen LogP contribution < -0.4 is 0 Å². The molecule has 0 fully saturated rings. The van der Waals surface area contributed by atoms with E-state index in [4.69, 9.17) is 19.6 Å². The Morgan fingerprint density at radius 2 is 1.47 bits per heavy atom. The van der Waals surface area contributed by atoms with Crippen molar-refractivity contribution in [1.82, 2.24) is 4.90 Å². The number of amidine groups is 1. The topological polar surface area (TPSA) is 145 Å². The van der Waals surface area contributed by atoms with Gasteiger partial charge in [0.2, 0.25) is 0 Å². The van der Waals surface area contributed by atoms with Crippen molar-refractivity contribution in [1.29, 1.82) is 0 Å². The van der Waals surface area contributed by atoms with Crippen LogP contribution in [0, 0.1) is 15.9 Å². The lowest BCUT2D eigenvalue weighted by atomic mass is 10.00. The zero-order chi connectivity index (χ0) is 34.4. The van der Waals surface area contributed by atoms with E-state index in [1.165, 1.54) is 18.2 Å². The van der Waals surface area contributed by atoms with Gasteiger partial charge < -0.3 is 9.47 Å². The van der Waals surface area contributed by atoms with Crippen LogP contribution in [0.3, 0.4) is 0 Å². The molecule has 1 unspecified atom stereocenters. The lowest BCUT2D eigenvalue weighted by Gasteiger charge is -2.41. The first kappa shape index (κ1) is 42.0. The molecule has 0 spiro atoms. The number of hydrogen-bond donors (Lipinski definition) is 0. The Balaban J connectivity index is 0. The van der Waals surface area contributed by atoms with Gasteiger partial charge in [0, 0.05) is 10.5 Å². The van der Waals surface area contributed by atoms with E-state index in [1.54, 1.807) is 48.5 Å². The normalized spacial score (nSPS) is 18.9. The molecular weight excluding hydrogens is 588 g/mol. The Bertz CT molecular complexity index is 1160. The molecule has 2 amide bonds. The molecule has 1 aromatic rings. The number of halogens is 2. The summed E-state index contributed by atoms with van der Waals surface area (Å²) in [6.07, 6.45) is -2.62. The third-order valence-electron chi connectivity index (χ3n) is 5.16. The van der Waals surface area contributed by atoms with Gasteiger partial charge in [-0.05, 0) is 54.0 Å². The van der Waals surface area contributed by atoms with E-state index in [-0.39, 0.29) is 18.4 Å². The fourth-order valence-corrected chi connectivity index (χ4v) is 5.81. The van der Waals surface area contributed by atoms with Gasteiger partial charge in [-0.25, -0.2) is 26.8 Å². The first-order valence-corrected chi connectivity index (χ1v) is 15.8. The fraction of sp³-hybridized carbons (Fsp3) is 0.690. The molecule has 248 valence electrons. The number of carbonyl (C=O) groups is 2. The van der Waals surface area contributed by atoms with Crippen LogP contribution in [-0.2, 0) is 19.3 Å². The molecule has 1 aliphatic rings. The highest BCUT2D eigenvalue weighted by molar-refractivity contribution is 7.93. The Labute approximate surface area is 255 Å². The van der Waals surface area contributed by atoms with Crippen LogP contribution in [0.1, 0.15) is 101 Å². The Hall–Kier alpha value is -3.16. The lowest BCUT2D eigenvalue weighted by molar-refractivity contribution is -0.445. The van der Waals surface area contributed by atoms with Crippen LogP contribution in [-0.4, -0.2) is 71.7 Å². The molecule has 0 bridgehead atoms. The fourth-order valence-electron chi connectivity index (χ4n) is 3.72. The van der Waals surface area contributed by atoms with Gasteiger partial charge in [0.25, 0.3) is 0 Å². The average molecular weight is 638 g/mol. The number of aliphatic imine (C=N–C) groups is 1. The number of nitro groups is 1. The Morgan fingerprint density at radius 1 is 1.05 bits per heavy atom. The number of imide groups is 1. The van der Waals surface area contributed by atoms with Crippen molar-refractivity contribution in [3.8, 4) is 0 Å². The molecule has 11 nitrogen and oxygen atoms in total. The van der Waals surface area contributed by atoms with Crippen molar-refractivity contribution in [3.63, 3.8) is 0 Å². The monoisotopic (exact) mass is 637 g/mol. The van der Waals surface area contributed by atoms with Crippen LogP contribution in [0.15, 0.2) is 29.3 Å². The number of amides is 2.